The van der Waals surface area contributed by atoms with Gasteiger partial charge in [-0.25, -0.2) is 0 Å². The molecule has 0 spiro atoms. The van der Waals surface area contributed by atoms with Crippen LogP contribution in [0.2, 0.25) is 0 Å². The first-order chi connectivity index (χ1) is 4.83. The second-order valence-electron chi connectivity index (χ2n) is 2.35. The Morgan fingerprint density at radius 1 is 1.70 bits per heavy atom. The number of hydrogen-bond donors (Lipinski definition) is 0. The fourth-order valence-corrected chi connectivity index (χ4v) is 1.55. The van der Waals surface area contributed by atoms with Crippen molar-refractivity contribution in [1.82, 2.24) is 0 Å². The van der Waals surface area contributed by atoms with Gasteiger partial charge in [-0.05, 0) is 6.42 Å². The van der Waals surface area contributed by atoms with E-state index in [2.05, 4.69) is 6.92 Å². The maximum atomic E-state index is 10.5. The van der Waals surface area contributed by atoms with Gasteiger partial charge in [0, 0.05) is 0 Å². The predicted molar refractivity (Wildman–Crippen MR) is 38.5 cm³/mol. The van der Waals surface area contributed by atoms with Crippen molar-refractivity contribution in [3.63, 3.8) is 0 Å². The first-order valence-electron chi connectivity index (χ1n) is 3.55. The van der Waals surface area contributed by atoms with Crippen molar-refractivity contribution in [2.45, 2.75) is 32.3 Å². The molecule has 1 aliphatic rings. The molecule has 10 heavy (non-hydrogen) atoms. The standard InChI is InChI=1S/C6H12O3S/c1-2-3-4-6-5-8-10(7)9-6/h6H,2-5H2,1H3. The summed E-state index contributed by atoms with van der Waals surface area (Å²) in [6, 6.07) is 0. The highest BCUT2D eigenvalue weighted by Gasteiger charge is 2.22. The van der Waals surface area contributed by atoms with Gasteiger partial charge in [-0.15, -0.1) is 0 Å². The number of unbranched alkanes of at least 4 members (excludes halogenated alkanes) is 1. The lowest BCUT2D eigenvalue weighted by Crippen LogP contribution is -2.08. The van der Waals surface area contributed by atoms with E-state index in [1.165, 1.54) is 0 Å². The van der Waals surface area contributed by atoms with E-state index >= 15 is 0 Å². The van der Waals surface area contributed by atoms with Crippen LogP contribution in [0.5, 0.6) is 0 Å². The van der Waals surface area contributed by atoms with Gasteiger partial charge in [0.2, 0.25) is 0 Å². The highest BCUT2D eigenvalue weighted by Crippen LogP contribution is 2.14. The summed E-state index contributed by atoms with van der Waals surface area (Å²) >= 11 is -1.46. The summed E-state index contributed by atoms with van der Waals surface area (Å²) in [6.45, 7) is 2.61. The van der Waals surface area contributed by atoms with Gasteiger partial charge in [0.1, 0.15) is 6.10 Å². The van der Waals surface area contributed by atoms with Gasteiger partial charge in [0.05, 0.1) is 6.61 Å². The monoisotopic (exact) mass is 164 g/mol. The summed E-state index contributed by atoms with van der Waals surface area (Å²) in [5.41, 5.74) is 0. The SMILES string of the molecule is CCCCC1COS(=O)O1. The van der Waals surface area contributed by atoms with Gasteiger partial charge in [-0.3, -0.25) is 8.37 Å². The fourth-order valence-electron chi connectivity index (χ4n) is 0.861. The van der Waals surface area contributed by atoms with Crippen molar-refractivity contribution in [2.75, 3.05) is 6.61 Å². The molecule has 0 aromatic rings. The van der Waals surface area contributed by atoms with Crippen molar-refractivity contribution in [3.05, 3.63) is 0 Å². The first kappa shape index (κ1) is 8.17. The van der Waals surface area contributed by atoms with Gasteiger partial charge < -0.3 is 0 Å². The molecule has 1 fully saturated rings. The maximum Gasteiger partial charge on any atom is 0.305 e. The van der Waals surface area contributed by atoms with E-state index < -0.39 is 11.4 Å². The minimum Gasteiger partial charge on any atom is -0.266 e. The molecular weight excluding hydrogens is 152 g/mol. The Hall–Kier alpha value is 0.0700. The topological polar surface area (TPSA) is 35.5 Å². The largest absolute Gasteiger partial charge is 0.305 e. The smallest absolute Gasteiger partial charge is 0.266 e. The number of hydrogen-bond acceptors (Lipinski definition) is 3. The van der Waals surface area contributed by atoms with Crippen LogP contribution >= 0.6 is 0 Å². The maximum absolute atomic E-state index is 10.5. The summed E-state index contributed by atoms with van der Waals surface area (Å²) < 4.78 is 20.1. The van der Waals surface area contributed by atoms with Gasteiger partial charge in [-0.1, -0.05) is 19.8 Å². The van der Waals surface area contributed by atoms with Crippen LogP contribution in [0.3, 0.4) is 0 Å². The average molecular weight is 164 g/mol. The molecule has 0 aromatic carbocycles. The molecule has 2 unspecified atom stereocenters. The zero-order chi connectivity index (χ0) is 7.40. The van der Waals surface area contributed by atoms with Crippen LogP contribution < -0.4 is 0 Å². The zero-order valence-corrected chi connectivity index (χ0v) is 6.86. The normalized spacial score (nSPS) is 32.9. The average Bonchev–Trinajstić information content (AvgIpc) is 2.31. The van der Waals surface area contributed by atoms with Crippen molar-refractivity contribution in [1.29, 1.82) is 0 Å². The minimum atomic E-state index is -1.46. The highest BCUT2D eigenvalue weighted by atomic mass is 32.2. The molecule has 1 heterocycles. The fraction of sp³-hybridized carbons (Fsp3) is 1.00. The third kappa shape index (κ3) is 2.36. The molecule has 3 nitrogen and oxygen atoms in total. The second-order valence-corrected chi connectivity index (χ2v) is 3.19. The van der Waals surface area contributed by atoms with E-state index in [1.807, 2.05) is 0 Å². The quantitative estimate of drug-likeness (QED) is 0.628. The minimum absolute atomic E-state index is 0.0702. The second kappa shape index (κ2) is 4.05. The molecule has 0 radical (unpaired) electrons. The van der Waals surface area contributed by atoms with E-state index in [-0.39, 0.29) is 6.10 Å². The van der Waals surface area contributed by atoms with E-state index in [4.69, 9.17) is 8.37 Å². The molecule has 0 aliphatic carbocycles. The lowest BCUT2D eigenvalue weighted by atomic mass is 10.2. The molecule has 1 saturated heterocycles. The molecule has 1 rings (SSSR count). The van der Waals surface area contributed by atoms with Gasteiger partial charge in [0.25, 0.3) is 0 Å². The highest BCUT2D eigenvalue weighted by molar-refractivity contribution is 7.75. The molecule has 2 atom stereocenters. The third-order valence-electron chi connectivity index (χ3n) is 1.44. The van der Waals surface area contributed by atoms with Crippen LogP contribution in [0, 0.1) is 0 Å². The molecule has 0 aromatic heterocycles. The van der Waals surface area contributed by atoms with Crippen LogP contribution in [0.15, 0.2) is 0 Å². The first-order valence-corrected chi connectivity index (χ1v) is 4.55. The van der Waals surface area contributed by atoms with Crippen LogP contribution in [0.4, 0.5) is 0 Å². The van der Waals surface area contributed by atoms with Gasteiger partial charge in [0.15, 0.2) is 0 Å². The lowest BCUT2D eigenvalue weighted by Gasteiger charge is -2.01. The van der Waals surface area contributed by atoms with E-state index in [1.54, 1.807) is 0 Å². The summed E-state index contributed by atoms with van der Waals surface area (Å²) in [6.07, 6.45) is 3.29. The van der Waals surface area contributed by atoms with E-state index in [0.717, 1.165) is 19.3 Å². The Morgan fingerprint density at radius 2 is 2.50 bits per heavy atom. The van der Waals surface area contributed by atoms with Crippen molar-refractivity contribution in [3.8, 4) is 0 Å². The Morgan fingerprint density at radius 3 is 3.00 bits per heavy atom. The molecule has 0 amide bonds. The molecule has 60 valence electrons. The molecule has 0 bridgehead atoms. The van der Waals surface area contributed by atoms with Crippen LogP contribution in [-0.4, -0.2) is 16.9 Å². The Labute approximate surface area is 63.6 Å². The number of rotatable bonds is 3. The summed E-state index contributed by atoms with van der Waals surface area (Å²) in [5.74, 6) is 0. The molecule has 0 saturated carbocycles. The van der Waals surface area contributed by atoms with Gasteiger partial charge >= 0.3 is 11.4 Å². The summed E-state index contributed by atoms with van der Waals surface area (Å²) in [7, 11) is 0. The lowest BCUT2D eigenvalue weighted by molar-refractivity contribution is 0.223. The van der Waals surface area contributed by atoms with Crippen molar-refractivity contribution < 1.29 is 12.6 Å². The molecule has 1 aliphatic heterocycles. The Balaban J connectivity index is 2.12. The van der Waals surface area contributed by atoms with Crippen LogP contribution in [-0.2, 0) is 19.7 Å². The molecule has 4 heteroatoms. The van der Waals surface area contributed by atoms with Crippen LogP contribution in [0.25, 0.3) is 0 Å². The van der Waals surface area contributed by atoms with Crippen molar-refractivity contribution in [2.24, 2.45) is 0 Å². The summed E-state index contributed by atoms with van der Waals surface area (Å²) in [5, 5.41) is 0. The van der Waals surface area contributed by atoms with E-state index in [0.29, 0.717) is 6.61 Å². The molecule has 0 N–H and O–H groups in total. The van der Waals surface area contributed by atoms with Crippen LogP contribution in [0.1, 0.15) is 26.2 Å². The van der Waals surface area contributed by atoms with Crippen molar-refractivity contribution >= 4 is 11.4 Å². The third-order valence-corrected chi connectivity index (χ3v) is 2.20. The Kier molecular flexibility index (Phi) is 3.31. The predicted octanol–water partition coefficient (Wildman–Crippen LogP) is 1.17. The summed E-state index contributed by atoms with van der Waals surface area (Å²) in [4.78, 5) is 0. The Bertz CT molecular complexity index is 126. The van der Waals surface area contributed by atoms with Gasteiger partial charge in [-0.2, -0.15) is 4.21 Å². The molecular formula is C6H12O3S. The zero-order valence-electron chi connectivity index (χ0n) is 6.04. The van der Waals surface area contributed by atoms with E-state index in [9.17, 15) is 4.21 Å².